The first-order valence-corrected chi connectivity index (χ1v) is 7.98. The van der Waals surface area contributed by atoms with Gasteiger partial charge in [0.2, 0.25) is 5.91 Å². The number of carbonyl (C=O) groups excluding carboxylic acids is 2. The molecule has 0 aromatic heterocycles. The Balaban J connectivity index is 1.69. The van der Waals surface area contributed by atoms with E-state index in [1.807, 2.05) is 0 Å². The number of hydrogen-bond acceptors (Lipinski definition) is 4. The molecule has 25 heavy (non-hydrogen) atoms. The first-order chi connectivity index (χ1) is 11.9. The van der Waals surface area contributed by atoms with E-state index in [1.165, 1.54) is 12.1 Å². The van der Waals surface area contributed by atoms with Crippen LogP contribution in [0.25, 0.3) is 0 Å². The molecule has 1 fully saturated rings. The van der Waals surface area contributed by atoms with Crippen molar-refractivity contribution in [3.63, 3.8) is 0 Å². The fourth-order valence-electron chi connectivity index (χ4n) is 2.23. The fraction of sp³-hybridized carbons (Fsp3) is 0.176. The van der Waals surface area contributed by atoms with Crippen LogP contribution < -0.4 is 10.6 Å². The summed E-state index contributed by atoms with van der Waals surface area (Å²) in [6.45, 7) is 0. The topological polar surface area (TPSA) is 101 Å². The van der Waals surface area contributed by atoms with E-state index in [0.717, 1.165) is 18.9 Å². The molecule has 0 atom stereocenters. The average Bonchev–Trinajstić information content (AvgIpc) is 3.41. The minimum Gasteiger partial charge on any atom is -0.326 e. The molecule has 0 radical (unpaired) electrons. The van der Waals surface area contributed by atoms with Gasteiger partial charge in [-0.1, -0.05) is 11.6 Å². The van der Waals surface area contributed by atoms with Crippen LogP contribution in [0.15, 0.2) is 42.5 Å². The SMILES string of the molecule is O=C(Nc1ccc(NC(=O)C2CC2)cc1)c1cc([N+](=O)[O-])ccc1Cl. The molecule has 1 saturated carbocycles. The number of nitrogens with one attached hydrogen (secondary N) is 2. The van der Waals surface area contributed by atoms with Crippen molar-refractivity contribution >= 4 is 40.5 Å². The minimum atomic E-state index is -0.593. The Morgan fingerprint density at radius 1 is 1.04 bits per heavy atom. The van der Waals surface area contributed by atoms with Gasteiger partial charge in [0, 0.05) is 29.4 Å². The van der Waals surface area contributed by atoms with Crippen molar-refractivity contribution in [1.29, 1.82) is 0 Å². The van der Waals surface area contributed by atoms with Crippen LogP contribution in [0.5, 0.6) is 0 Å². The molecule has 0 unspecified atom stereocenters. The summed E-state index contributed by atoms with van der Waals surface area (Å²) >= 11 is 5.95. The highest BCUT2D eigenvalue weighted by Gasteiger charge is 2.29. The number of nitro benzene ring substituents is 1. The quantitative estimate of drug-likeness (QED) is 0.625. The van der Waals surface area contributed by atoms with Gasteiger partial charge in [-0.3, -0.25) is 19.7 Å². The Bertz CT molecular complexity index is 847. The zero-order valence-corrected chi connectivity index (χ0v) is 13.7. The number of benzene rings is 2. The van der Waals surface area contributed by atoms with Crippen LogP contribution in [0.1, 0.15) is 23.2 Å². The van der Waals surface area contributed by atoms with Crippen molar-refractivity contribution in [2.75, 3.05) is 10.6 Å². The molecule has 7 nitrogen and oxygen atoms in total. The summed E-state index contributed by atoms with van der Waals surface area (Å²) in [5.74, 6) is -0.445. The predicted molar refractivity (Wildman–Crippen MR) is 93.9 cm³/mol. The third kappa shape index (κ3) is 4.13. The van der Waals surface area contributed by atoms with E-state index in [9.17, 15) is 19.7 Å². The van der Waals surface area contributed by atoms with Gasteiger partial charge in [-0.25, -0.2) is 0 Å². The van der Waals surface area contributed by atoms with Crippen molar-refractivity contribution in [3.8, 4) is 0 Å². The third-order valence-electron chi connectivity index (χ3n) is 3.76. The summed E-state index contributed by atoms with van der Waals surface area (Å²) in [6, 6.07) is 10.3. The number of nitrogens with zero attached hydrogens (tertiary/aromatic N) is 1. The Labute approximate surface area is 148 Å². The lowest BCUT2D eigenvalue weighted by atomic mass is 10.1. The van der Waals surface area contributed by atoms with Gasteiger partial charge in [0.15, 0.2) is 0 Å². The largest absolute Gasteiger partial charge is 0.326 e. The molecule has 8 heteroatoms. The van der Waals surface area contributed by atoms with Gasteiger partial charge >= 0.3 is 0 Å². The summed E-state index contributed by atoms with van der Waals surface area (Å²) in [5.41, 5.74) is 0.926. The second kappa shape index (κ2) is 6.90. The zero-order chi connectivity index (χ0) is 18.0. The second-order valence-corrected chi connectivity index (χ2v) is 6.12. The van der Waals surface area contributed by atoms with Crippen LogP contribution >= 0.6 is 11.6 Å². The maximum atomic E-state index is 12.3. The van der Waals surface area contributed by atoms with Crippen LogP contribution in [0.3, 0.4) is 0 Å². The normalized spacial score (nSPS) is 13.2. The molecule has 0 aliphatic heterocycles. The third-order valence-corrected chi connectivity index (χ3v) is 4.09. The van der Waals surface area contributed by atoms with Gasteiger partial charge < -0.3 is 10.6 Å². The lowest BCUT2D eigenvalue weighted by molar-refractivity contribution is -0.384. The van der Waals surface area contributed by atoms with Crippen LogP contribution in [-0.4, -0.2) is 16.7 Å². The molecule has 2 aromatic rings. The molecule has 2 N–H and O–H groups in total. The fourth-order valence-corrected chi connectivity index (χ4v) is 2.43. The number of rotatable bonds is 5. The van der Waals surface area contributed by atoms with Gasteiger partial charge in [-0.15, -0.1) is 0 Å². The van der Waals surface area contributed by atoms with Gasteiger partial charge in [-0.05, 0) is 43.2 Å². The monoisotopic (exact) mass is 359 g/mol. The molecular formula is C17H14ClN3O4. The van der Waals surface area contributed by atoms with E-state index < -0.39 is 10.8 Å². The summed E-state index contributed by atoms with van der Waals surface area (Å²) in [4.78, 5) is 34.2. The van der Waals surface area contributed by atoms with Crippen molar-refractivity contribution in [3.05, 3.63) is 63.2 Å². The molecular weight excluding hydrogens is 346 g/mol. The van der Waals surface area contributed by atoms with Gasteiger partial charge in [-0.2, -0.15) is 0 Å². The van der Waals surface area contributed by atoms with Crippen LogP contribution in [0.2, 0.25) is 5.02 Å². The Hall–Kier alpha value is -2.93. The van der Waals surface area contributed by atoms with Crippen LogP contribution in [0.4, 0.5) is 17.1 Å². The van der Waals surface area contributed by atoms with Gasteiger partial charge in [0.1, 0.15) is 0 Å². The first kappa shape index (κ1) is 16.9. The smallest absolute Gasteiger partial charge is 0.270 e. The highest BCUT2D eigenvalue weighted by molar-refractivity contribution is 6.34. The molecule has 0 heterocycles. The van der Waals surface area contributed by atoms with Crippen molar-refractivity contribution < 1.29 is 14.5 Å². The van der Waals surface area contributed by atoms with E-state index in [4.69, 9.17) is 11.6 Å². The molecule has 1 aliphatic rings. The highest BCUT2D eigenvalue weighted by Crippen LogP contribution is 2.30. The number of halogens is 1. The Morgan fingerprint density at radius 3 is 2.20 bits per heavy atom. The molecule has 0 bridgehead atoms. The summed E-state index contributed by atoms with van der Waals surface area (Å²) in [5, 5.41) is 16.4. The maximum absolute atomic E-state index is 12.3. The van der Waals surface area contributed by atoms with Crippen LogP contribution in [-0.2, 0) is 4.79 Å². The Morgan fingerprint density at radius 2 is 1.64 bits per heavy atom. The molecule has 3 rings (SSSR count). The number of anilines is 2. The molecule has 128 valence electrons. The van der Waals surface area contributed by atoms with E-state index in [1.54, 1.807) is 24.3 Å². The summed E-state index contributed by atoms with van der Waals surface area (Å²) < 4.78 is 0. The average molecular weight is 360 g/mol. The lowest BCUT2D eigenvalue weighted by Crippen LogP contribution is -2.14. The minimum absolute atomic E-state index is 0.000150. The van der Waals surface area contributed by atoms with Crippen molar-refractivity contribution in [2.24, 2.45) is 5.92 Å². The van der Waals surface area contributed by atoms with Gasteiger partial charge in [0.25, 0.3) is 11.6 Å². The number of amides is 2. The zero-order valence-electron chi connectivity index (χ0n) is 13.0. The molecule has 1 aliphatic carbocycles. The maximum Gasteiger partial charge on any atom is 0.270 e. The standard InChI is InChI=1S/C17H14ClN3O4/c18-15-8-7-13(21(24)25)9-14(15)17(23)20-12-5-3-11(4-6-12)19-16(22)10-1-2-10/h3-10H,1-2H2,(H,19,22)(H,20,23). The summed E-state index contributed by atoms with van der Waals surface area (Å²) in [6.07, 6.45) is 1.84. The number of non-ortho nitro benzene ring substituents is 1. The number of hydrogen-bond donors (Lipinski definition) is 2. The van der Waals surface area contributed by atoms with E-state index in [2.05, 4.69) is 10.6 Å². The van der Waals surface area contributed by atoms with Gasteiger partial charge in [0.05, 0.1) is 15.5 Å². The summed E-state index contributed by atoms with van der Waals surface area (Å²) in [7, 11) is 0. The first-order valence-electron chi connectivity index (χ1n) is 7.60. The van der Waals surface area contributed by atoms with E-state index in [-0.39, 0.29) is 28.1 Å². The van der Waals surface area contributed by atoms with Crippen molar-refractivity contribution in [2.45, 2.75) is 12.8 Å². The lowest BCUT2D eigenvalue weighted by Gasteiger charge is -2.08. The van der Waals surface area contributed by atoms with E-state index in [0.29, 0.717) is 11.4 Å². The molecule has 0 saturated heterocycles. The predicted octanol–water partition coefficient (Wildman–Crippen LogP) is 3.85. The van der Waals surface area contributed by atoms with E-state index >= 15 is 0 Å². The Kier molecular flexibility index (Phi) is 4.67. The molecule has 2 amide bonds. The number of carbonyl (C=O) groups is 2. The van der Waals surface area contributed by atoms with Crippen molar-refractivity contribution in [1.82, 2.24) is 0 Å². The highest BCUT2D eigenvalue weighted by atomic mass is 35.5. The number of nitro groups is 1. The molecule has 2 aromatic carbocycles. The van der Waals surface area contributed by atoms with Crippen LogP contribution in [0, 0.1) is 16.0 Å². The molecule has 0 spiro atoms. The second-order valence-electron chi connectivity index (χ2n) is 5.72.